The number of nitrogens with one attached hydrogen (secondary N) is 1. The van der Waals surface area contributed by atoms with Gasteiger partial charge in [0.2, 0.25) is 5.91 Å². The molecule has 9 heteroatoms. The van der Waals surface area contributed by atoms with Gasteiger partial charge >= 0.3 is 0 Å². The molecule has 0 saturated heterocycles. The van der Waals surface area contributed by atoms with Crippen molar-refractivity contribution in [1.29, 1.82) is 0 Å². The fourth-order valence-electron chi connectivity index (χ4n) is 5.36. The smallest absolute Gasteiger partial charge is 0.271 e. The first-order valence-corrected chi connectivity index (χ1v) is 12.8. The van der Waals surface area contributed by atoms with Crippen LogP contribution in [0.25, 0.3) is 21.8 Å². The molecular weight excluding hydrogens is 511 g/mol. The van der Waals surface area contributed by atoms with Crippen LogP contribution in [-0.4, -0.2) is 34.4 Å². The van der Waals surface area contributed by atoms with E-state index in [1.807, 2.05) is 24.3 Å². The number of hydrogen-bond donors (Lipinski definition) is 1. The highest BCUT2D eigenvalue weighted by atomic mass is 19.1. The number of halogens is 1. The molecule has 1 aliphatic heterocycles. The minimum Gasteiger partial charge on any atom is -0.497 e. The first kappa shape index (κ1) is 25.2. The molecular formula is C31H25FN4O4. The molecule has 0 fully saturated rings. The molecule has 0 unspecified atom stereocenters. The second-order valence-corrected chi connectivity index (χ2v) is 9.77. The summed E-state index contributed by atoms with van der Waals surface area (Å²) in [7, 11) is 1.52. The third kappa shape index (κ3) is 3.73. The van der Waals surface area contributed by atoms with Crippen LogP contribution in [0.2, 0.25) is 0 Å². The lowest BCUT2D eigenvalue weighted by Crippen LogP contribution is -2.50. The van der Waals surface area contributed by atoms with Crippen molar-refractivity contribution in [3.8, 4) is 5.75 Å². The summed E-state index contributed by atoms with van der Waals surface area (Å²) in [5.41, 5.74) is 1.49. The molecule has 40 heavy (non-hydrogen) atoms. The van der Waals surface area contributed by atoms with Crippen LogP contribution in [0.3, 0.4) is 0 Å². The lowest BCUT2D eigenvalue weighted by atomic mass is 9.93. The number of ether oxygens (including phenoxy) is 1. The van der Waals surface area contributed by atoms with E-state index < -0.39 is 23.2 Å². The van der Waals surface area contributed by atoms with Crippen molar-refractivity contribution < 1.29 is 23.5 Å². The topological polar surface area (TPSA) is 93.5 Å². The van der Waals surface area contributed by atoms with Crippen LogP contribution in [0.1, 0.15) is 41.1 Å². The SMILES string of the molecule is CCC(=O)n1c2ccccc2c2cc(C(=O)N[C@]3(C)C(=O)N(c4ccc(F)cc4)c4ccc(OC)cc43)ncc21. The van der Waals surface area contributed by atoms with Gasteiger partial charge in [-0.1, -0.05) is 25.1 Å². The van der Waals surface area contributed by atoms with Gasteiger partial charge < -0.3 is 10.1 Å². The van der Waals surface area contributed by atoms with E-state index in [4.69, 9.17) is 4.74 Å². The largest absolute Gasteiger partial charge is 0.497 e. The molecule has 3 heterocycles. The fraction of sp³-hybridized carbons (Fsp3) is 0.161. The molecule has 0 radical (unpaired) electrons. The van der Waals surface area contributed by atoms with Crippen LogP contribution >= 0.6 is 0 Å². The van der Waals surface area contributed by atoms with Gasteiger partial charge in [0.15, 0.2) is 0 Å². The molecule has 6 rings (SSSR count). The Hall–Kier alpha value is -5.05. The Labute approximate surface area is 229 Å². The van der Waals surface area contributed by atoms with Gasteiger partial charge in [0, 0.05) is 28.4 Å². The average Bonchev–Trinajstić information content (AvgIpc) is 3.41. The molecule has 0 aliphatic carbocycles. The third-order valence-electron chi connectivity index (χ3n) is 7.41. The van der Waals surface area contributed by atoms with Gasteiger partial charge in [-0.15, -0.1) is 0 Å². The predicted octanol–water partition coefficient (Wildman–Crippen LogP) is 5.71. The molecule has 8 nitrogen and oxygen atoms in total. The normalized spacial score (nSPS) is 16.4. The Morgan fingerprint density at radius 3 is 2.48 bits per heavy atom. The molecule has 1 aliphatic rings. The Bertz CT molecular complexity index is 1850. The summed E-state index contributed by atoms with van der Waals surface area (Å²) in [4.78, 5) is 46.2. The molecule has 2 aromatic heterocycles. The molecule has 3 aromatic carbocycles. The highest BCUT2D eigenvalue weighted by molar-refractivity contribution is 6.16. The van der Waals surface area contributed by atoms with E-state index in [0.29, 0.717) is 40.0 Å². The molecule has 0 saturated carbocycles. The Morgan fingerprint density at radius 1 is 1.00 bits per heavy atom. The molecule has 200 valence electrons. The number of aromatic nitrogens is 2. The number of para-hydroxylation sites is 1. The maximum Gasteiger partial charge on any atom is 0.271 e. The fourth-order valence-corrected chi connectivity index (χ4v) is 5.36. The summed E-state index contributed by atoms with van der Waals surface area (Å²) in [6.07, 6.45) is 1.82. The Morgan fingerprint density at radius 2 is 1.75 bits per heavy atom. The van der Waals surface area contributed by atoms with Crippen LogP contribution < -0.4 is 15.0 Å². The quantitative estimate of drug-likeness (QED) is 0.311. The van der Waals surface area contributed by atoms with Crippen LogP contribution in [0.15, 0.2) is 79.0 Å². The molecule has 0 bridgehead atoms. The van der Waals surface area contributed by atoms with E-state index in [2.05, 4.69) is 10.3 Å². The number of amides is 2. The number of anilines is 2. The van der Waals surface area contributed by atoms with Crippen molar-refractivity contribution >= 4 is 50.9 Å². The van der Waals surface area contributed by atoms with Crippen LogP contribution in [0, 0.1) is 5.82 Å². The lowest BCUT2D eigenvalue weighted by Gasteiger charge is -2.26. The summed E-state index contributed by atoms with van der Waals surface area (Å²) in [6.45, 7) is 3.42. The van der Waals surface area contributed by atoms with Crippen molar-refractivity contribution in [2.75, 3.05) is 12.0 Å². The van der Waals surface area contributed by atoms with E-state index in [0.717, 1.165) is 10.9 Å². The van der Waals surface area contributed by atoms with Gasteiger partial charge in [0.1, 0.15) is 22.8 Å². The highest BCUT2D eigenvalue weighted by Gasteiger charge is 2.49. The molecule has 2 amide bonds. The van der Waals surface area contributed by atoms with Crippen molar-refractivity contribution in [3.05, 3.63) is 96.1 Å². The highest BCUT2D eigenvalue weighted by Crippen LogP contribution is 2.45. The second kappa shape index (κ2) is 9.30. The Kier molecular flexibility index (Phi) is 5.87. The minimum atomic E-state index is -1.47. The number of fused-ring (bicyclic) bond motifs is 4. The Balaban J connectivity index is 1.43. The maximum atomic E-state index is 13.9. The van der Waals surface area contributed by atoms with E-state index in [9.17, 15) is 18.8 Å². The second-order valence-electron chi connectivity index (χ2n) is 9.77. The van der Waals surface area contributed by atoms with Crippen LogP contribution in [-0.2, 0) is 10.3 Å². The standard InChI is InChI=1S/C31H25FN4O4/c1-4-28(37)36-25-8-6-5-7-21(25)22-16-24(33-17-27(22)36)29(38)34-31(2)23-15-20(40-3)13-14-26(23)35(30(31)39)19-11-9-18(32)10-12-19/h5-17H,4H2,1-3H3,(H,34,38)/t31-/m0/s1. The minimum absolute atomic E-state index is 0.0827. The zero-order valence-corrected chi connectivity index (χ0v) is 22.1. The van der Waals surface area contributed by atoms with Gasteiger partial charge in [-0.2, -0.15) is 0 Å². The van der Waals surface area contributed by atoms with Gasteiger partial charge in [-0.3, -0.25) is 23.9 Å². The molecule has 1 atom stereocenters. The van der Waals surface area contributed by atoms with Crippen molar-refractivity contribution in [2.45, 2.75) is 25.8 Å². The van der Waals surface area contributed by atoms with Crippen molar-refractivity contribution in [1.82, 2.24) is 14.9 Å². The number of pyridine rings is 1. The number of rotatable bonds is 5. The lowest BCUT2D eigenvalue weighted by molar-refractivity contribution is -0.122. The number of carbonyl (C=O) groups is 3. The molecule has 1 N–H and O–H groups in total. The van der Waals surface area contributed by atoms with E-state index in [1.165, 1.54) is 42.5 Å². The predicted molar refractivity (Wildman–Crippen MR) is 150 cm³/mol. The zero-order valence-electron chi connectivity index (χ0n) is 22.1. The average molecular weight is 537 g/mol. The third-order valence-corrected chi connectivity index (χ3v) is 7.41. The van der Waals surface area contributed by atoms with Gasteiger partial charge in [-0.05, 0) is 61.5 Å². The summed E-state index contributed by atoms with van der Waals surface area (Å²) in [6, 6.07) is 19.8. The van der Waals surface area contributed by atoms with Gasteiger partial charge in [0.05, 0.1) is 30.0 Å². The zero-order chi connectivity index (χ0) is 28.2. The summed E-state index contributed by atoms with van der Waals surface area (Å²) in [5, 5.41) is 4.42. The van der Waals surface area contributed by atoms with Gasteiger partial charge in [0.25, 0.3) is 11.8 Å². The summed E-state index contributed by atoms with van der Waals surface area (Å²) in [5.74, 6) is -0.973. The van der Waals surface area contributed by atoms with E-state index in [-0.39, 0.29) is 11.6 Å². The number of carbonyl (C=O) groups excluding carboxylic acids is 3. The van der Waals surface area contributed by atoms with Crippen molar-refractivity contribution in [3.63, 3.8) is 0 Å². The monoisotopic (exact) mass is 536 g/mol. The van der Waals surface area contributed by atoms with Crippen LogP contribution in [0.4, 0.5) is 15.8 Å². The molecule has 5 aromatic rings. The van der Waals surface area contributed by atoms with Crippen molar-refractivity contribution in [2.24, 2.45) is 0 Å². The number of nitrogens with zero attached hydrogens (tertiary/aromatic N) is 3. The first-order chi connectivity index (χ1) is 19.3. The summed E-state index contributed by atoms with van der Waals surface area (Å²) < 4.78 is 20.7. The number of hydrogen-bond acceptors (Lipinski definition) is 5. The number of benzene rings is 3. The first-order valence-electron chi connectivity index (χ1n) is 12.8. The summed E-state index contributed by atoms with van der Waals surface area (Å²) >= 11 is 0. The molecule has 0 spiro atoms. The van der Waals surface area contributed by atoms with E-state index in [1.54, 1.807) is 42.7 Å². The van der Waals surface area contributed by atoms with E-state index >= 15 is 0 Å². The van der Waals surface area contributed by atoms with Crippen LogP contribution in [0.5, 0.6) is 5.75 Å². The maximum absolute atomic E-state index is 13.9. The number of methoxy groups -OCH3 is 1. The van der Waals surface area contributed by atoms with Gasteiger partial charge in [-0.25, -0.2) is 9.37 Å².